The fourth-order valence-corrected chi connectivity index (χ4v) is 7.47. The highest BCUT2D eigenvalue weighted by Gasteiger charge is 2.72. The Morgan fingerprint density at radius 3 is 2.64 bits per heavy atom. The quantitative estimate of drug-likeness (QED) is 0.666. The number of hydrogen-bond donors (Lipinski definition) is 2. The van der Waals surface area contributed by atoms with Crippen LogP contribution in [0, 0.1) is 28.6 Å². The summed E-state index contributed by atoms with van der Waals surface area (Å²) in [6.45, 7) is 2.84. The molecule has 3 saturated carbocycles. The zero-order valence-electron chi connectivity index (χ0n) is 15.9. The van der Waals surface area contributed by atoms with Crippen LogP contribution in [0.2, 0.25) is 0 Å². The number of aliphatic hydroxyl groups excluding tert-OH is 2. The summed E-state index contributed by atoms with van der Waals surface area (Å²) >= 11 is 3.16. The normalized spacial score (nSPS) is 50.2. The third-order valence-corrected chi connectivity index (χ3v) is 8.85. The van der Waals surface area contributed by atoms with Crippen molar-refractivity contribution in [1.29, 1.82) is 0 Å². The first-order valence-electron chi connectivity index (χ1n) is 9.80. The van der Waals surface area contributed by atoms with Gasteiger partial charge in [-0.15, -0.1) is 0 Å². The summed E-state index contributed by atoms with van der Waals surface area (Å²) < 4.78 is 32.2. The largest absolute Gasteiger partial charge is 0.390 e. The van der Waals surface area contributed by atoms with Gasteiger partial charge in [-0.3, -0.25) is 9.59 Å². The Morgan fingerprint density at radius 1 is 1.32 bits per heavy atom. The van der Waals surface area contributed by atoms with Gasteiger partial charge >= 0.3 is 0 Å². The van der Waals surface area contributed by atoms with E-state index in [1.807, 2.05) is 6.92 Å². The molecule has 0 aliphatic heterocycles. The van der Waals surface area contributed by atoms with Crippen LogP contribution in [0.3, 0.4) is 0 Å². The first-order valence-corrected chi connectivity index (χ1v) is 10.6. The van der Waals surface area contributed by atoms with Gasteiger partial charge in [0, 0.05) is 17.3 Å². The van der Waals surface area contributed by atoms with Crippen LogP contribution in [0.25, 0.3) is 0 Å². The van der Waals surface area contributed by atoms with E-state index in [1.54, 1.807) is 6.92 Å². The second kappa shape index (κ2) is 6.29. The van der Waals surface area contributed by atoms with E-state index in [0.717, 1.165) is 0 Å². The SMILES string of the molecule is C[C@]12CC(O)[C@@]3(F)[C@@H](CC(F)C4=CC(=O)C(Br)=C[C@@]43C)[C@@H]1CC[C@@H]2C(=O)CO. The Hall–Kier alpha value is -0.920. The Kier molecular flexibility index (Phi) is 4.57. The molecule has 4 aliphatic carbocycles. The van der Waals surface area contributed by atoms with E-state index in [1.165, 1.54) is 12.2 Å². The van der Waals surface area contributed by atoms with Crippen molar-refractivity contribution in [1.82, 2.24) is 0 Å². The molecule has 4 aliphatic rings. The van der Waals surface area contributed by atoms with Crippen molar-refractivity contribution < 1.29 is 28.6 Å². The summed E-state index contributed by atoms with van der Waals surface area (Å²) in [6, 6.07) is 0. The molecule has 3 fully saturated rings. The first-order chi connectivity index (χ1) is 13.0. The topological polar surface area (TPSA) is 74.6 Å². The number of carbonyl (C=O) groups is 2. The maximum atomic E-state index is 16.9. The van der Waals surface area contributed by atoms with Crippen LogP contribution in [-0.2, 0) is 9.59 Å². The number of rotatable bonds is 2. The van der Waals surface area contributed by atoms with Crippen LogP contribution in [0.15, 0.2) is 22.2 Å². The van der Waals surface area contributed by atoms with Crippen molar-refractivity contribution in [2.24, 2.45) is 28.6 Å². The third-order valence-electron chi connectivity index (χ3n) is 8.23. The Balaban J connectivity index is 1.83. The molecular formula is C21H25BrF2O4. The molecule has 0 aromatic heterocycles. The van der Waals surface area contributed by atoms with Gasteiger partial charge in [0.2, 0.25) is 0 Å². The third kappa shape index (κ3) is 2.33. The van der Waals surface area contributed by atoms with Crippen LogP contribution >= 0.6 is 15.9 Å². The molecule has 2 N–H and O–H groups in total. The summed E-state index contributed by atoms with van der Waals surface area (Å²) in [5.74, 6) is -2.21. The maximum absolute atomic E-state index is 16.9. The summed E-state index contributed by atoms with van der Waals surface area (Å²) in [5, 5.41) is 20.4. The smallest absolute Gasteiger partial charge is 0.192 e. The van der Waals surface area contributed by atoms with Crippen molar-refractivity contribution in [3.05, 3.63) is 22.2 Å². The van der Waals surface area contributed by atoms with E-state index < -0.39 is 53.0 Å². The summed E-state index contributed by atoms with van der Waals surface area (Å²) in [6.07, 6.45) is 0.711. The number of Topliss-reactive ketones (excluding diaryl/α,β-unsaturated/α-hetero) is 1. The monoisotopic (exact) mass is 458 g/mol. The zero-order valence-corrected chi connectivity index (χ0v) is 17.5. The number of allylic oxidation sites excluding steroid dienone is 4. The van der Waals surface area contributed by atoms with Crippen LogP contribution in [0.1, 0.15) is 39.5 Å². The number of aliphatic hydroxyl groups is 2. The average Bonchev–Trinajstić information content (AvgIpc) is 2.96. The van der Waals surface area contributed by atoms with E-state index >= 15 is 8.78 Å². The van der Waals surface area contributed by atoms with Crippen LogP contribution in [-0.4, -0.2) is 46.3 Å². The number of ketones is 2. The molecular weight excluding hydrogens is 434 g/mol. The van der Waals surface area contributed by atoms with Gasteiger partial charge in [-0.25, -0.2) is 8.78 Å². The predicted octanol–water partition coefficient (Wildman–Crippen LogP) is 3.21. The van der Waals surface area contributed by atoms with E-state index in [0.29, 0.717) is 12.8 Å². The Morgan fingerprint density at radius 2 is 2.00 bits per heavy atom. The molecule has 0 saturated heterocycles. The van der Waals surface area contributed by atoms with Gasteiger partial charge in [0.1, 0.15) is 12.8 Å². The van der Waals surface area contributed by atoms with Gasteiger partial charge in [0.25, 0.3) is 0 Å². The number of carbonyl (C=O) groups excluding carboxylic acids is 2. The fourth-order valence-electron chi connectivity index (χ4n) is 6.90. The highest BCUT2D eigenvalue weighted by Crippen LogP contribution is 2.69. The second-order valence-electron chi connectivity index (χ2n) is 9.32. The molecule has 4 nitrogen and oxygen atoms in total. The van der Waals surface area contributed by atoms with Gasteiger partial charge in [-0.2, -0.15) is 0 Å². The Labute approximate surface area is 171 Å². The predicted molar refractivity (Wildman–Crippen MR) is 102 cm³/mol. The molecule has 154 valence electrons. The number of hydrogen-bond acceptors (Lipinski definition) is 4. The minimum atomic E-state index is -2.14. The zero-order chi connectivity index (χ0) is 20.6. The van der Waals surface area contributed by atoms with E-state index in [9.17, 15) is 19.8 Å². The molecule has 2 unspecified atom stereocenters. The fraction of sp³-hybridized carbons (Fsp3) is 0.714. The number of halogens is 3. The standard InChI is InChI=1S/C21H25BrF2O4/c1-19-8-18(28)21(24)12(10(19)3-4-11(19)17(27)9-25)5-15(23)13-6-16(26)14(22)7-20(13,21)2/h6-7,10-12,15,18,25,28H,3-5,8-9H2,1-2H3/t10-,11+,12-,15?,18?,19-,20-,21-/m0/s1. The minimum Gasteiger partial charge on any atom is -0.390 e. The lowest BCUT2D eigenvalue weighted by Crippen LogP contribution is -2.68. The molecule has 0 spiro atoms. The van der Waals surface area contributed by atoms with E-state index in [-0.39, 0.29) is 34.6 Å². The van der Waals surface area contributed by atoms with Gasteiger partial charge in [-0.05, 0) is 71.5 Å². The van der Waals surface area contributed by atoms with Gasteiger partial charge in [-0.1, -0.05) is 13.0 Å². The van der Waals surface area contributed by atoms with Gasteiger partial charge < -0.3 is 10.2 Å². The molecule has 0 heterocycles. The van der Waals surface area contributed by atoms with E-state index in [4.69, 9.17) is 0 Å². The van der Waals surface area contributed by atoms with Crippen molar-refractivity contribution >= 4 is 27.5 Å². The van der Waals surface area contributed by atoms with Crippen LogP contribution < -0.4 is 0 Å². The average molecular weight is 459 g/mol. The lowest BCUT2D eigenvalue weighted by molar-refractivity contribution is -0.202. The molecule has 0 radical (unpaired) electrons. The molecule has 8 atom stereocenters. The molecule has 0 aromatic carbocycles. The van der Waals surface area contributed by atoms with Crippen molar-refractivity contribution in [2.75, 3.05) is 6.61 Å². The second-order valence-corrected chi connectivity index (χ2v) is 10.2. The number of alkyl halides is 2. The van der Waals surface area contributed by atoms with Gasteiger partial charge in [0.15, 0.2) is 17.2 Å². The molecule has 0 bridgehead atoms. The summed E-state index contributed by atoms with van der Waals surface area (Å²) in [7, 11) is 0. The molecule has 0 amide bonds. The van der Waals surface area contributed by atoms with Crippen molar-refractivity contribution in [3.63, 3.8) is 0 Å². The number of fused-ring (bicyclic) bond motifs is 5. The summed E-state index contributed by atoms with van der Waals surface area (Å²) in [5.41, 5.74) is -4.17. The minimum absolute atomic E-state index is 0.0697. The molecule has 0 aromatic rings. The Bertz CT molecular complexity index is 810. The molecule has 28 heavy (non-hydrogen) atoms. The van der Waals surface area contributed by atoms with Crippen LogP contribution in [0.5, 0.6) is 0 Å². The summed E-state index contributed by atoms with van der Waals surface area (Å²) in [4.78, 5) is 24.4. The maximum Gasteiger partial charge on any atom is 0.192 e. The van der Waals surface area contributed by atoms with E-state index in [2.05, 4.69) is 15.9 Å². The lowest BCUT2D eigenvalue weighted by Gasteiger charge is -2.62. The van der Waals surface area contributed by atoms with Crippen molar-refractivity contribution in [3.8, 4) is 0 Å². The van der Waals surface area contributed by atoms with Crippen molar-refractivity contribution in [2.45, 2.75) is 57.5 Å². The molecule has 4 rings (SSSR count). The highest BCUT2D eigenvalue weighted by molar-refractivity contribution is 9.12. The molecule has 7 heteroatoms. The first kappa shape index (κ1) is 20.4. The van der Waals surface area contributed by atoms with Gasteiger partial charge in [0.05, 0.1) is 10.6 Å². The van der Waals surface area contributed by atoms with Crippen LogP contribution in [0.4, 0.5) is 8.78 Å². The highest BCUT2D eigenvalue weighted by atomic mass is 79.9. The lowest BCUT2D eigenvalue weighted by atomic mass is 9.45.